The Kier molecular flexibility index (Phi) is 4.72. The van der Waals surface area contributed by atoms with Crippen LogP contribution < -0.4 is 5.32 Å². The lowest BCUT2D eigenvalue weighted by molar-refractivity contribution is -0.117. The van der Waals surface area contributed by atoms with E-state index in [2.05, 4.69) is 15.3 Å². The molecule has 21 heavy (non-hydrogen) atoms. The smallest absolute Gasteiger partial charge is 0.335 e. The minimum atomic E-state index is -1.06. The van der Waals surface area contributed by atoms with E-state index in [1.165, 1.54) is 18.3 Å². The molecule has 2 heterocycles. The van der Waals surface area contributed by atoms with Gasteiger partial charge in [0.15, 0.2) is 0 Å². The van der Waals surface area contributed by atoms with Gasteiger partial charge in [0.05, 0.1) is 16.3 Å². The summed E-state index contributed by atoms with van der Waals surface area (Å²) < 4.78 is 0. The first kappa shape index (κ1) is 14.8. The van der Waals surface area contributed by atoms with Gasteiger partial charge in [0, 0.05) is 12.4 Å². The van der Waals surface area contributed by atoms with Gasteiger partial charge in [0.2, 0.25) is 5.91 Å². The Labute approximate surface area is 123 Å². The van der Waals surface area contributed by atoms with Crippen LogP contribution in [0.5, 0.6) is 0 Å². The lowest BCUT2D eigenvalue weighted by atomic mass is 10.3. The highest BCUT2D eigenvalue weighted by molar-refractivity contribution is 7.99. The van der Waals surface area contributed by atoms with Crippen molar-refractivity contribution in [1.82, 2.24) is 15.3 Å². The highest BCUT2D eigenvalue weighted by Gasteiger charge is 2.12. The molecule has 2 aromatic rings. The Morgan fingerprint density at radius 1 is 1.33 bits per heavy atom. The van der Waals surface area contributed by atoms with Gasteiger partial charge in [-0.3, -0.25) is 14.9 Å². The number of nitrogens with one attached hydrogen (secondary N) is 2. The van der Waals surface area contributed by atoms with Gasteiger partial charge in [-0.05, 0) is 24.3 Å². The predicted octanol–water partition coefficient (Wildman–Crippen LogP) is 1.16. The van der Waals surface area contributed by atoms with Crippen LogP contribution in [-0.2, 0) is 4.79 Å². The fourth-order valence-electron chi connectivity index (χ4n) is 1.46. The van der Waals surface area contributed by atoms with Crippen LogP contribution in [-0.4, -0.2) is 38.6 Å². The number of aromatic amines is 1. The van der Waals surface area contributed by atoms with Crippen LogP contribution in [0.1, 0.15) is 20.8 Å². The van der Waals surface area contributed by atoms with Crippen LogP contribution in [0.15, 0.2) is 41.7 Å². The van der Waals surface area contributed by atoms with Crippen LogP contribution in [0.2, 0.25) is 0 Å². The first-order chi connectivity index (χ1) is 10.1. The number of aromatic nitrogens is 2. The maximum atomic E-state index is 11.6. The van der Waals surface area contributed by atoms with E-state index in [9.17, 15) is 14.4 Å². The highest BCUT2D eigenvalue weighted by atomic mass is 32.2. The number of carboxylic acids is 1. The predicted molar refractivity (Wildman–Crippen MR) is 75.2 cm³/mol. The van der Waals surface area contributed by atoms with E-state index in [4.69, 9.17) is 5.11 Å². The molecule has 0 aliphatic carbocycles. The second-order valence-corrected chi connectivity index (χ2v) is 4.93. The van der Waals surface area contributed by atoms with Crippen LogP contribution >= 0.6 is 11.8 Å². The molecular formula is C13H11N3O4S. The van der Waals surface area contributed by atoms with Crippen molar-refractivity contribution in [2.75, 3.05) is 5.75 Å². The molecule has 0 aliphatic rings. The van der Waals surface area contributed by atoms with Crippen LogP contribution in [0.3, 0.4) is 0 Å². The number of rotatable bonds is 5. The van der Waals surface area contributed by atoms with E-state index in [0.29, 0.717) is 10.7 Å². The number of carbonyl (C=O) groups is 3. The van der Waals surface area contributed by atoms with Crippen molar-refractivity contribution in [3.05, 3.63) is 47.9 Å². The number of imide groups is 1. The van der Waals surface area contributed by atoms with E-state index in [0.717, 1.165) is 11.8 Å². The van der Waals surface area contributed by atoms with E-state index < -0.39 is 17.8 Å². The maximum Gasteiger partial charge on any atom is 0.335 e. The normalized spacial score (nSPS) is 10.1. The summed E-state index contributed by atoms with van der Waals surface area (Å²) in [6.07, 6.45) is 2.93. The summed E-state index contributed by atoms with van der Waals surface area (Å²) in [5.41, 5.74) is 0.384. The fourth-order valence-corrected chi connectivity index (χ4v) is 2.16. The number of pyridine rings is 1. The standard InChI is InChI=1S/C13H11N3O4S/c17-10(16-12(18)9-2-1-4-14-9)7-21-11-6-8(13(19)20)3-5-15-11/h1-6,14H,7H2,(H,19,20)(H,16,17,18). The molecule has 2 aromatic heterocycles. The molecular weight excluding hydrogens is 294 g/mol. The minimum absolute atomic E-state index is 0.0392. The summed E-state index contributed by atoms with van der Waals surface area (Å²) in [6, 6.07) is 5.93. The lowest BCUT2D eigenvalue weighted by Crippen LogP contribution is -2.32. The molecule has 108 valence electrons. The summed E-state index contributed by atoms with van der Waals surface area (Å²) in [5.74, 6) is -2.10. The summed E-state index contributed by atoms with van der Waals surface area (Å²) >= 11 is 1.05. The SMILES string of the molecule is O=C(CSc1cc(C(=O)O)ccn1)NC(=O)c1ccc[nH]1. The van der Waals surface area contributed by atoms with Gasteiger partial charge >= 0.3 is 5.97 Å². The van der Waals surface area contributed by atoms with Crippen molar-refractivity contribution in [3.63, 3.8) is 0 Å². The van der Waals surface area contributed by atoms with Gasteiger partial charge in [0.1, 0.15) is 5.69 Å². The minimum Gasteiger partial charge on any atom is -0.478 e. The molecule has 0 spiro atoms. The fraction of sp³-hybridized carbons (Fsp3) is 0.0769. The van der Waals surface area contributed by atoms with Gasteiger partial charge in [0.25, 0.3) is 5.91 Å². The summed E-state index contributed by atoms with van der Waals surface area (Å²) in [7, 11) is 0. The third kappa shape index (κ3) is 4.18. The van der Waals surface area contributed by atoms with Crippen molar-refractivity contribution in [1.29, 1.82) is 0 Å². The van der Waals surface area contributed by atoms with Crippen LogP contribution in [0, 0.1) is 0 Å². The molecule has 0 fully saturated rings. The number of hydrogen-bond donors (Lipinski definition) is 3. The molecule has 0 saturated carbocycles. The highest BCUT2D eigenvalue weighted by Crippen LogP contribution is 2.16. The molecule has 0 aliphatic heterocycles. The topological polar surface area (TPSA) is 112 Å². The monoisotopic (exact) mass is 305 g/mol. The van der Waals surface area contributed by atoms with Crippen molar-refractivity contribution in [2.45, 2.75) is 5.03 Å². The maximum absolute atomic E-state index is 11.6. The molecule has 3 N–H and O–H groups in total. The summed E-state index contributed by atoms with van der Waals surface area (Å²) in [6.45, 7) is 0. The van der Waals surface area contributed by atoms with E-state index in [1.807, 2.05) is 0 Å². The van der Waals surface area contributed by atoms with Gasteiger partial charge in [-0.2, -0.15) is 0 Å². The number of nitrogens with zero attached hydrogens (tertiary/aromatic N) is 1. The van der Waals surface area contributed by atoms with E-state index >= 15 is 0 Å². The molecule has 2 amide bonds. The van der Waals surface area contributed by atoms with Crippen LogP contribution in [0.25, 0.3) is 0 Å². The number of thioether (sulfide) groups is 1. The number of H-pyrrole nitrogens is 1. The van der Waals surface area contributed by atoms with Crippen molar-refractivity contribution < 1.29 is 19.5 Å². The first-order valence-corrected chi connectivity index (χ1v) is 6.84. The largest absolute Gasteiger partial charge is 0.478 e. The Hall–Kier alpha value is -2.61. The molecule has 0 unspecified atom stereocenters. The Bertz CT molecular complexity index is 670. The first-order valence-electron chi connectivity index (χ1n) is 5.86. The summed E-state index contributed by atoms with van der Waals surface area (Å²) in [4.78, 5) is 40.7. The number of carbonyl (C=O) groups excluding carboxylic acids is 2. The number of carboxylic acid groups (broad SMARTS) is 1. The Morgan fingerprint density at radius 3 is 2.81 bits per heavy atom. The van der Waals surface area contributed by atoms with E-state index in [1.54, 1.807) is 18.3 Å². The lowest BCUT2D eigenvalue weighted by Gasteiger charge is -2.03. The third-order valence-electron chi connectivity index (χ3n) is 2.43. The average molecular weight is 305 g/mol. The second-order valence-electron chi connectivity index (χ2n) is 3.94. The Balaban J connectivity index is 1.88. The molecule has 8 heteroatoms. The van der Waals surface area contributed by atoms with E-state index in [-0.39, 0.29) is 11.3 Å². The Morgan fingerprint density at radius 2 is 2.14 bits per heavy atom. The molecule has 0 radical (unpaired) electrons. The van der Waals surface area contributed by atoms with Crippen molar-refractivity contribution in [2.24, 2.45) is 0 Å². The quantitative estimate of drug-likeness (QED) is 0.715. The molecule has 0 aromatic carbocycles. The zero-order valence-electron chi connectivity index (χ0n) is 10.7. The van der Waals surface area contributed by atoms with Gasteiger partial charge < -0.3 is 10.1 Å². The van der Waals surface area contributed by atoms with Crippen molar-refractivity contribution >= 4 is 29.5 Å². The number of amides is 2. The van der Waals surface area contributed by atoms with Crippen LogP contribution in [0.4, 0.5) is 0 Å². The third-order valence-corrected chi connectivity index (χ3v) is 3.35. The summed E-state index contributed by atoms with van der Waals surface area (Å²) in [5, 5.41) is 11.5. The second kappa shape index (κ2) is 6.71. The number of hydrogen-bond acceptors (Lipinski definition) is 5. The average Bonchev–Trinajstić information content (AvgIpc) is 2.99. The van der Waals surface area contributed by atoms with Gasteiger partial charge in [-0.25, -0.2) is 9.78 Å². The molecule has 0 bridgehead atoms. The van der Waals surface area contributed by atoms with Gasteiger partial charge in [-0.15, -0.1) is 0 Å². The molecule has 0 saturated heterocycles. The zero-order chi connectivity index (χ0) is 15.2. The number of aromatic carboxylic acids is 1. The zero-order valence-corrected chi connectivity index (χ0v) is 11.5. The molecule has 0 atom stereocenters. The van der Waals surface area contributed by atoms with Crippen molar-refractivity contribution in [3.8, 4) is 0 Å². The van der Waals surface area contributed by atoms with Gasteiger partial charge in [-0.1, -0.05) is 11.8 Å². The molecule has 2 rings (SSSR count). The molecule has 7 nitrogen and oxygen atoms in total.